The highest BCUT2D eigenvalue weighted by atomic mass is 19.3. The number of hydrogen-bond donors (Lipinski definition) is 3. The van der Waals surface area contributed by atoms with Gasteiger partial charge in [0.05, 0.1) is 13.2 Å². The number of oxime groups is 1. The van der Waals surface area contributed by atoms with Crippen molar-refractivity contribution in [3.63, 3.8) is 0 Å². The van der Waals surface area contributed by atoms with E-state index in [0.29, 0.717) is 19.7 Å². The highest BCUT2D eigenvalue weighted by Gasteiger charge is 2.06. The molecule has 0 fully saturated rings. The lowest BCUT2D eigenvalue weighted by Gasteiger charge is -2.11. The van der Waals surface area contributed by atoms with E-state index in [1.54, 1.807) is 6.92 Å². The van der Waals surface area contributed by atoms with E-state index in [0.717, 1.165) is 0 Å². The monoisotopic (exact) mass is 255 g/mol. The first-order valence-electron chi connectivity index (χ1n) is 5.23. The van der Waals surface area contributed by atoms with E-state index in [1.807, 2.05) is 0 Å². The molecule has 0 spiro atoms. The van der Waals surface area contributed by atoms with Crippen LogP contribution in [0.3, 0.4) is 0 Å². The van der Waals surface area contributed by atoms with Crippen LogP contribution in [0, 0.1) is 0 Å². The molecule has 0 rings (SSSR count). The molecule has 102 valence electrons. The SMILES string of the molecule is CC(OCCNCCOCC(F)F)C(N)=NO. The molecule has 0 aromatic carbocycles. The first kappa shape index (κ1) is 16.0. The molecule has 0 saturated carbocycles. The van der Waals surface area contributed by atoms with Gasteiger partial charge in [-0.05, 0) is 6.92 Å². The minimum Gasteiger partial charge on any atom is -0.409 e. The minimum atomic E-state index is -2.43. The van der Waals surface area contributed by atoms with Crippen LogP contribution < -0.4 is 11.1 Å². The molecule has 0 aromatic rings. The Morgan fingerprint density at radius 2 is 2.06 bits per heavy atom. The lowest BCUT2D eigenvalue weighted by atomic mass is 10.4. The molecule has 0 amide bonds. The largest absolute Gasteiger partial charge is 0.409 e. The predicted octanol–water partition coefficient (Wildman–Crippen LogP) is 0.00920. The average molecular weight is 255 g/mol. The van der Waals surface area contributed by atoms with Crippen molar-refractivity contribution in [2.75, 3.05) is 32.9 Å². The number of ether oxygens (including phenoxy) is 2. The average Bonchev–Trinajstić information content (AvgIpc) is 2.30. The number of hydrogen-bond acceptors (Lipinski definition) is 5. The molecule has 6 nitrogen and oxygen atoms in total. The zero-order valence-corrected chi connectivity index (χ0v) is 9.73. The van der Waals surface area contributed by atoms with Crippen LogP contribution >= 0.6 is 0 Å². The fourth-order valence-electron chi connectivity index (χ4n) is 0.916. The van der Waals surface area contributed by atoms with Crippen molar-refractivity contribution in [3.05, 3.63) is 0 Å². The van der Waals surface area contributed by atoms with Crippen LogP contribution in [0.25, 0.3) is 0 Å². The smallest absolute Gasteiger partial charge is 0.261 e. The molecule has 4 N–H and O–H groups in total. The molecular formula is C9H19F2N3O3. The Hall–Kier alpha value is -0.990. The second-order valence-corrected chi connectivity index (χ2v) is 3.25. The number of rotatable bonds is 10. The van der Waals surface area contributed by atoms with Crippen molar-refractivity contribution in [2.45, 2.75) is 19.5 Å². The van der Waals surface area contributed by atoms with E-state index in [-0.39, 0.29) is 12.4 Å². The van der Waals surface area contributed by atoms with Crippen LogP contribution in [-0.4, -0.2) is 56.5 Å². The molecule has 0 aromatic heterocycles. The minimum absolute atomic E-state index is 0.00488. The molecule has 0 bridgehead atoms. The predicted molar refractivity (Wildman–Crippen MR) is 58.5 cm³/mol. The quantitative estimate of drug-likeness (QED) is 0.168. The lowest BCUT2D eigenvalue weighted by Crippen LogP contribution is -2.32. The molecular weight excluding hydrogens is 236 g/mol. The summed E-state index contributed by atoms with van der Waals surface area (Å²) >= 11 is 0. The molecule has 0 heterocycles. The number of nitrogens with two attached hydrogens (primary N) is 1. The van der Waals surface area contributed by atoms with Crippen LogP contribution in [-0.2, 0) is 9.47 Å². The standard InChI is InChI=1S/C9H19F2N3O3/c1-7(9(12)14-15)17-5-3-13-2-4-16-6-8(10)11/h7-8,13,15H,2-6H2,1H3,(H2,12,14). The second kappa shape index (κ2) is 10.2. The summed E-state index contributed by atoms with van der Waals surface area (Å²) in [5.41, 5.74) is 5.29. The Bertz CT molecular complexity index is 218. The number of alkyl halides is 2. The van der Waals surface area contributed by atoms with Gasteiger partial charge in [0.1, 0.15) is 12.7 Å². The fourth-order valence-corrected chi connectivity index (χ4v) is 0.916. The summed E-state index contributed by atoms with van der Waals surface area (Å²) in [5.74, 6) is 0.00488. The number of nitrogens with one attached hydrogen (secondary N) is 1. The van der Waals surface area contributed by atoms with Crippen LogP contribution in [0.2, 0.25) is 0 Å². The third-order valence-corrected chi connectivity index (χ3v) is 1.85. The van der Waals surface area contributed by atoms with Crippen LogP contribution in [0.4, 0.5) is 8.78 Å². The van der Waals surface area contributed by atoms with Gasteiger partial charge in [0.2, 0.25) is 0 Å². The zero-order valence-electron chi connectivity index (χ0n) is 9.73. The molecule has 0 radical (unpaired) electrons. The van der Waals surface area contributed by atoms with Crippen molar-refractivity contribution in [3.8, 4) is 0 Å². The molecule has 1 unspecified atom stereocenters. The van der Waals surface area contributed by atoms with Gasteiger partial charge in [-0.3, -0.25) is 0 Å². The third-order valence-electron chi connectivity index (χ3n) is 1.85. The molecule has 1 atom stereocenters. The second-order valence-electron chi connectivity index (χ2n) is 3.25. The molecule has 0 saturated heterocycles. The number of halogens is 2. The van der Waals surface area contributed by atoms with Gasteiger partial charge in [-0.2, -0.15) is 0 Å². The Labute approximate surface area is 98.8 Å². The highest BCUT2D eigenvalue weighted by Crippen LogP contribution is 1.91. The first-order chi connectivity index (χ1) is 8.07. The lowest BCUT2D eigenvalue weighted by molar-refractivity contribution is 0.0181. The maximum atomic E-state index is 11.7. The van der Waals surface area contributed by atoms with Crippen molar-refractivity contribution in [1.29, 1.82) is 0 Å². The molecule has 17 heavy (non-hydrogen) atoms. The fraction of sp³-hybridized carbons (Fsp3) is 0.889. The molecule has 0 aliphatic heterocycles. The maximum Gasteiger partial charge on any atom is 0.261 e. The van der Waals surface area contributed by atoms with Crippen molar-refractivity contribution in [1.82, 2.24) is 5.32 Å². The van der Waals surface area contributed by atoms with Gasteiger partial charge in [-0.25, -0.2) is 8.78 Å². The molecule has 0 aliphatic carbocycles. The summed E-state index contributed by atoms with van der Waals surface area (Å²) < 4.78 is 33.2. The van der Waals surface area contributed by atoms with Gasteiger partial charge < -0.3 is 25.7 Å². The zero-order chi connectivity index (χ0) is 13.1. The van der Waals surface area contributed by atoms with Gasteiger partial charge in [0.25, 0.3) is 6.43 Å². The van der Waals surface area contributed by atoms with E-state index < -0.39 is 19.1 Å². The van der Waals surface area contributed by atoms with Crippen LogP contribution in [0.1, 0.15) is 6.92 Å². The normalized spacial score (nSPS) is 14.2. The molecule has 8 heteroatoms. The Morgan fingerprint density at radius 3 is 2.65 bits per heavy atom. The topological polar surface area (TPSA) is 89.1 Å². The van der Waals surface area contributed by atoms with Gasteiger partial charge in [-0.15, -0.1) is 0 Å². The van der Waals surface area contributed by atoms with E-state index in [4.69, 9.17) is 15.7 Å². The van der Waals surface area contributed by atoms with Crippen LogP contribution in [0.15, 0.2) is 5.16 Å². The number of nitrogens with zero attached hydrogens (tertiary/aromatic N) is 1. The maximum absolute atomic E-state index is 11.7. The summed E-state index contributed by atoms with van der Waals surface area (Å²) in [4.78, 5) is 0. The van der Waals surface area contributed by atoms with Crippen molar-refractivity contribution < 1.29 is 23.5 Å². The number of amidine groups is 1. The summed E-state index contributed by atoms with van der Waals surface area (Å²) in [6, 6.07) is 0. The van der Waals surface area contributed by atoms with Gasteiger partial charge >= 0.3 is 0 Å². The summed E-state index contributed by atoms with van der Waals surface area (Å²) in [6.45, 7) is 2.70. The van der Waals surface area contributed by atoms with Crippen LogP contribution in [0.5, 0.6) is 0 Å². The first-order valence-corrected chi connectivity index (χ1v) is 5.23. The van der Waals surface area contributed by atoms with Gasteiger partial charge in [0, 0.05) is 13.1 Å². The van der Waals surface area contributed by atoms with E-state index in [9.17, 15) is 8.78 Å². The Morgan fingerprint density at radius 1 is 1.41 bits per heavy atom. The van der Waals surface area contributed by atoms with Gasteiger partial charge in [-0.1, -0.05) is 5.16 Å². The summed E-state index contributed by atoms with van der Waals surface area (Å²) in [6.07, 6.45) is -2.89. The van der Waals surface area contributed by atoms with E-state index in [1.165, 1.54) is 0 Å². The summed E-state index contributed by atoms with van der Waals surface area (Å²) in [7, 11) is 0. The van der Waals surface area contributed by atoms with Crippen molar-refractivity contribution in [2.24, 2.45) is 10.9 Å². The van der Waals surface area contributed by atoms with Gasteiger partial charge in [0.15, 0.2) is 5.84 Å². The third kappa shape index (κ3) is 9.91. The molecule has 0 aliphatic rings. The summed E-state index contributed by atoms with van der Waals surface area (Å²) in [5, 5.41) is 14.1. The van der Waals surface area contributed by atoms with E-state index >= 15 is 0 Å². The highest BCUT2D eigenvalue weighted by molar-refractivity contribution is 5.83. The Balaban J connectivity index is 3.24. The Kier molecular flexibility index (Phi) is 9.59. The van der Waals surface area contributed by atoms with E-state index in [2.05, 4.69) is 15.2 Å². The van der Waals surface area contributed by atoms with Crippen molar-refractivity contribution >= 4 is 5.84 Å².